The average molecular weight is 229 g/mol. The maximum absolute atomic E-state index is 5.65. The molecule has 0 spiro atoms. The lowest BCUT2D eigenvalue weighted by Gasteiger charge is -2.36. The molecule has 1 aliphatic rings. The molecular formula is C12H27N3O. The highest BCUT2D eigenvalue weighted by atomic mass is 16.5. The van der Waals surface area contributed by atoms with E-state index in [1.165, 1.54) is 13.1 Å². The van der Waals surface area contributed by atoms with Gasteiger partial charge in [-0.25, -0.2) is 0 Å². The smallest absolute Gasteiger partial charge is 0.0670 e. The van der Waals surface area contributed by atoms with Crippen LogP contribution in [-0.2, 0) is 4.74 Å². The maximum atomic E-state index is 5.65. The maximum Gasteiger partial charge on any atom is 0.0670 e. The lowest BCUT2D eigenvalue weighted by molar-refractivity contribution is 0.0499. The number of hydrogen-bond acceptors (Lipinski definition) is 4. The monoisotopic (exact) mass is 229 g/mol. The highest BCUT2D eigenvalue weighted by Gasteiger charge is 2.19. The molecule has 0 aromatic carbocycles. The molecule has 0 amide bonds. The van der Waals surface area contributed by atoms with E-state index in [1.54, 1.807) is 7.11 Å². The molecule has 0 aliphatic carbocycles. The Morgan fingerprint density at radius 3 is 2.00 bits per heavy atom. The van der Waals surface area contributed by atoms with E-state index in [0.29, 0.717) is 12.0 Å². The van der Waals surface area contributed by atoms with E-state index < -0.39 is 0 Å². The van der Waals surface area contributed by atoms with Crippen LogP contribution in [0.3, 0.4) is 0 Å². The Balaban J connectivity index is 2.18. The Morgan fingerprint density at radius 1 is 1.06 bits per heavy atom. The summed E-state index contributed by atoms with van der Waals surface area (Å²) in [6, 6.07) is 0. The van der Waals surface area contributed by atoms with Crippen molar-refractivity contribution in [2.24, 2.45) is 11.7 Å². The zero-order valence-corrected chi connectivity index (χ0v) is 11.0. The molecule has 0 aromatic heterocycles. The van der Waals surface area contributed by atoms with Gasteiger partial charge in [0.15, 0.2) is 0 Å². The van der Waals surface area contributed by atoms with E-state index >= 15 is 0 Å². The number of nitrogens with zero attached hydrogens (tertiary/aromatic N) is 2. The van der Waals surface area contributed by atoms with E-state index in [1.807, 2.05) is 0 Å². The molecule has 1 fully saturated rings. The van der Waals surface area contributed by atoms with Crippen molar-refractivity contribution in [1.82, 2.24) is 9.80 Å². The summed E-state index contributed by atoms with van der Waals surface area (Å²) in [6.45, 7) is 12.0. The molecule has 96 valence electrons. The van der Waals surface area contributed by atoms with Gasteiger partial charge in [-0.1, -0.05) is 6.92 Å². The van der Waals surface area contributed by atoms with Gasteiger partial charge in [0.1, 0.15) is 0 Å². The molecule has 0 aromatic rings. The normalized spacial score (nSPS) is 23.2. The third-order valence-corrected chi connectivity index (χ3v) is 3.35. The highest BCUT2D eigenvalue weighted by Crippen LogP contribution is 2.06. The van der Waals surface area contributed by atoms with Crippen LogP contribution in [-0.4, -0.2) is 68.8 Å². The van der Waals surface area contributed by atoms with Gasteiger partial charge in [-0.2, -0.15) is 0 Å². The Labute approximate surface area is 99.7 Å². The molecule has 4 nitrogen and oxygen atoms in total. The number of methoxy groups -OCH3 is 1. The van der Waals surface area contributed by atoms with Crippen molar-refractivity contribution in [3.63, 3.8) is 0 Å². The number of rotatable bonds is 6. The second-order valence-corrected chi connectivity index (χ2v) is 4.99. The van der Waals surface area contributed by atoms with Gasteiger partial charge in [0.2, 0.25) is 0 Å². The van der Waals surface area contributed by atoms with E-state index in [2.05, 4.69) is 23.6 Å². The van der Waals surface area contributed by atoms with Gasteiger partial charge in [-0.15, -0.1) is 0 Å². The molecule has 1 aliphatic heterocycles. The highest BCUT2D eigenvalue weighted by molar-refractivity contribution is 4.74. The summed E-state index contributed by atoms with van der Waals surface area (Å²) in [5.74, 6) is 0.615. The Kier molecular flexibility index (Phi) is 6.28. The van der Waals surface area contributed by atoms with Crippen LogP contribution in [0.25, 0.3) is 0 Å². The van der Waals surface area contributed by atoms with Gasteiger partial charge in [0.05, 0.1) is 6.10 Å². The van der Waals surface area contributed by atoms with E-state index in [4.69, 9.17) is 10.5 Å². The summed E-state index contributed by atoms with van der Waals surface area (Å²) in [5, 5.41) is 0. The number of hydrogen-bond donors (Lipinski definition) is 1. The first-order chi connectivity index (χ1) is 7.65. The minimum absolute atomic E-state index is 0.342. The van der Waals surface area contributed by atoms with Crippen LogP contribution >= 0.6 is 0 Å². The fourth-order valence-corrected chi connectivity index (χ4v) is 2.11. The fraction of sp³-hybridized carbons (Fsp3) is 1.00. The summed E-state index contributed by atoms with van der Waals surface area (Å²) in [7, 11) is 1.78. The molecule has 1 saturated heterocycles. The van der Waals surface area contributed by atoms with Crippen LogP contribution in [0.4, 0.5) is 0 Å². The zero-order valence-electron chi connectivity index (χ0n) is 11.0. The van der Waals surface area contributed by atoms with Crippen LogP contribution in [0.2, 0.25) is 0 Å². The molecule has 2 unspecified atom stereocenters. The summed E-state index contributed by atoms with van der Waals surface area (Å²) in [4.78, 5) is 5.00. The third-order valence-electron chi connectivity index (χ3n) is 3.35. The summed E-state index contributed by atoms with van der Waals surface area (Å²) >= 11 is 0. The second-order valence-electron chi connectivity index (χ2n) is 4.99. The molecule has 0 bridgehead atoms. The van der Waals surface area contributed by atoms with Gasteiger partial charge < -0.3 is 15.4 Å². The van der Waals surface area contributed by atoms with Crippen molar-refractivity contribution < 1.29 is 4.74 Å². The van der Waals surface area contributed by atoms with Gasteiger partial charge >= 0.3 is 0 Å². The van der Waals surface area contributed by atoms with Crippen LogP contribution in [0.1, 0.15) is 13.8 Å². The van der Waals surface area contributed by atoms with Crippen molar-refractivity contribution in [3.8, 4) is 0 Å². The molecule has 2 atom stereocenters. The topological polar surface area (TPSA) is 41.7 Å². The minimum atomic E-state index is 0.342. The van der Waals surface area contributed by atoms with Crippen LogP contribution in [0, 0.1) is 5.92 Å². The minimum Gasteiger partial charge on any atom is -0.380 e. The Hall–Kier alpha value is -0.160. The Bertz CT molecular complexity index is 161. The first kappa shape index (κ1) is 13.9. The molecule has 0 radical (unpaired) electrons. The lowest BCUT2D eigenvalue weighted by Crippen LogP contribution is -2.49. The molecular weight excluding hydrogens is 202 g/mol. The van der Waals surface area contributed by atoms with Gasteiger partial charge in [-0.05, 0) is 19.4 Å². The van der Waals surface area contributed by atoms with Crippen LogP contribution in [0.5, 0.6) is 0 Å². The standard InChI is InChI=1S/C12H27N3O/c1-11(8-13)9-14-4-6-15(7-5-14)10-12(2)16-3/h11-12H,4-10,13H2,1-3H3. The van der Waals surface area contributed by atoms with Crippen molar-refractivity contribution in [1.29, 1.82) is 0 Å². The van der Waals surface area contributed by atoms with Gasteiger partial charge in [-0.3, -0.25) is 4.90 Å². The van der Waals surface area contributed by atoms with E-state index in [0.717, 1.165) is 32.7 Å². The SMILES string of the molecule is COC(C)CN1CCN(CC(C)CN)CC1. The lowest BCUT2D eigenvalue weighted by atomic mass is 10.1. The average Bonchev–Trinajstić information content (AvgIpc) is 2.31. The molecule has 2 N–H and O–H groups in total. The quantitative estimate of drug-likeness (QED) is 0.708. The summed E-state index contributed by atoms with van der Waals surface area (Å²) in [5.41, 5.74) is 5.65. The second kappa shape index (κ2) is 7.22. The number of piperazine rings is 1. The Morgan fingerprint density at radius 2 is 1.56 bits per heavy atom. The van der Waals surface area contributed by atoms with Crippen LogP contribution in [0.15, 0.2) is 0 Å². The number of nitrogens with two attached hydrogens (primary N) is 1. The fourth-order valence-electron chi connectivity index (χ4n) is 2.11. The molecule has 16 heavy (non-hydrogen) atoms. The van der Waals surface area contributed by atoms with Crippen LogP contribution < -0.4 is 5.73 Å². The summed E-state index contributed by atoms with van der Waals surface area (Å²) < 4.78 is 5.29. The molecule has 0 saturated carbocycles. The van der Waals surface area contributed by atoms with Gasteiger partial charge in [0.25, 0.3) is 0 Å². The van der Waals surface area contributed by atoms with Crippen molar-refractivity contribution >= 4 is 0 Å². The molecule has 1 heterocycles. The molecule has 1 rings (SSSR count). The number of ether oxygens (including phenoxy) is 1. The van der Waals surface area contributed by atoms with E-state index in [-0.39, 0.29) is 0 Å². The third kappa shape index (κ3) is 4.78. The van der Waals surface area contributed by atoms with Crippen molar-refractivity contribution in [3.05, 3.63) is 0 Å². The molecule has 4 heteroatoms. The van der Waals surface area contributed by atoms with Crippen molar-refractivity contribution in [2.75, 3.05) is 52.9 Å². The van der Waals surface area contributed by atoms with Gasteiger partial charge in [0, 0.05) is 46.4 Å². The predicted octanol–water partition coefficient (Wildman–Crippen LogP) is 0.234. The predicted molar refractivity (Wildman–Crippen MR) is 67.6 cm³/mol. The van der Waals surface area contributed by atoms with E-state index in [9.17, 15) is 0 Å². The zero-order chi connectivity index (χ0) is 12.0. The summed E-state index contributed by atoms with van der Waals surface area (Å²) in [6.07, 6.45) is 0.342. The first-order valence-corrected chi connectivity index (χ1v) is 6.33. The van der Waals surface area contributed by atoms with Crippen molar-refractivity contribution in [2.45, 2.75) is 20.0 Å². The first-order valence-electron chi connectivity index (χ1n) is 6.33. The largest absolute Gasteiger partial charge is 0.380 e.